The van der Waals surface area contributed by atoms with Crippen LogP contribution >= 0.6 is 11.3 Å². The average molecular weight is 642 g/mol. The second-order valence-electron chi connectivity index (χ2n) is 9.87. The normalized spacial score (nSPS) is 13.3. The summed E-state index contributed by atoms with van der Waals surface area (Å²) in [7, 11) is -0.900. The SMILES string of the molecule is COc1ccc(CN(c2nccs2)S(=O)(=O)c2ccc3c(c2)OCCN3c2ccc(C(F)(F)F)cc2-c2ccnn2C)cc1. The van der Waals surface area contributed by atoms with Gasteiger partial charge in [-0.05, 0) is 54.1 Å². The Kier molecular flexibility index (Phi) is 7.72. The van der Waals surface area contributed by atoms with E-state index in [-0.39, 0.29) is 23.8 Å². The number of anilines is 3. The Morgan fingerprint density at radius 3 is 2.45 bits per heavy atom. The number of fused-ring (bicyclic) bond motifs is 1. The third-order valence-electron chi connectivity index (χ3n) is 7.21. The molecular weight excluding hydrogens is 615 g/mol. The number of hydrogen-bond acceptors (Lipinski definition) is 8. The van der Waals surface area contributed by atoms with Crippen LogP contribution in [0.2, 0.25) is 0 Å². The van der Waals surface area contributed by atoms with Gasteiger partial charge in [0.25, 0.3) is 10.0 Å². The van der Waals surface area contributed by atoms with Crippen LogP contribution in [0, 0.1) is 0 Å². The summed E-state index contributed by atoms with van der Waals surface area (Å²) in [5.41, 5.74) is 1.80. The van der Waals surface area contributed by atoms with Crippen molar-refractivity contribution >= 4 is 37.9 Å². The van der Waals surface area contributed by atoms with Crippen molar-refractivity contribution in [1.82, 2.24) is 14.8 Å². The van der Waals surface area contributed by atoms with Gasteiger partial charge in [-0.15, -0.1) is 11.3 Å². The summed E-state index contributed by atoms with van der Waals surface area (Å²) in [5.74, 6) is 0.935. The minimum Gasteiger partial charge on any atom is -0.497 e. The molecule has 0 amide bonds. The van der Waals surface area contributed by atoms with Gasteiger partial charge in [-0.25, -0.2) is 17.7 Å². The van der Waals surface area contributed by atoms with Crippen molar-refractivity contribution in [2.45, 2.75) is 17.6 Å². The van der Waals surface area contributed by atoms with Gasteiger partial charge in [-0.1, -0.05) is 12.1 Å². The lowest BCUT2D eigenvalue weighted by molar-refractivity contribution is -0.137. The fourth-order valence-corrected chi connectivity index (χ4v) is 7.31. The van der Waals surface area contributed by atoms with Gasteiger partial charge in [0.1, 0.15) is 18.1 Å². The van der Waals surface area contributed by atoms with Crippen molar-refractivity contribution in [3.63, 3.8) is 0 Å². The van der Waals surface area contributed by atoms with Crippen molar-refractivity contribution in [2.24, 2.45) is 7.05 Å². The average Bonchev–Trinajstić information content (AvgIpc) is 3.71. The molecule has 3 heterocycles. The summed E-state index contributed by atoms with van der Waals surface area (Å²) >= 11 is 1.19. The number of alkyl halides is 3. The van der Waals surface area contributed by atoms with E-state index in [1.54, 1.807) is 55.9 Å². The molecule has 0 radical (unpaired) electrons. The molecule has 0 aliphatic carbocycles. The molecule has 3 aromatic carbocycles. The van der Waals surface area contributed by atoms with Crippen LogP contribution in [-0.2, 0) is 29.8 Å². The molecule has 228 valence electrons. The van der Waals surface area contributed by atoms with E-state index in [9.17, 15) is 21.6 Å². The molecular formula is C30H26F3N5O4S2. The van der Waals surface area contributed by atoms with Crippen LogP contribution in [0.1, 0.15) is 11.1 Å². The number of nitrogens with zero attached hydrogens (tertiary/aromatic N) is 5. The van der Waals surface area contributed by atoms with Gasteiger partial charge in [0.15, 0.2) is 5.13 Å². The maximum Gasteiger partial charge on any atom is 0.416 e. The van der Waals surface area contributed by atoms with E-state index in [1.807, 2.05) is 4.90 Å². The Hall–Kier alpha value is -4.56. The maximum absolute atomic E-state index is 14.1. The second-order valence-corrected chi connectivity index (χ2v) is 12.6. The highest BCUT2D eigenvalue weighted by Gasteiger charge is 2.34. The third kappa shape index (κ3) is 5.57. The van der Waals surface area contributed by atoms with E-state index in [2.05, 4.69) is 10.1 Å². The van der Waals surface area contributed by atoms with Crippen LogP contribution < -0.4 is 18.7 Å². The number of aryl methyl sites for hydroxylation is 1. The highest BCUT2D eigenvalue weighted by Crippen LogP contribution is 2.44. The predicted octanol–water partition coefficient (Wildman–Crippen LogP) is 6.50. The van der Waals surface area contributed by atoms with Crippen LogP contribution in [0.5, 0.6) is 11.5 Å². The molecule has 14 heteroatoms. The zero-order valence-electron chi connectivity index (χ0n) is 23.5. The van der Waals surface area contributed by atoms with E-state index in [0.29, 0.717) is 40.1 Å². The van der Waals surface area contributed by atoms with E-state index < -0.39 is 21.8 Å². The lowest BCUT2D eigenvalue weighted by atomic mass is 10.0. The predicted molar refractivity (Wildman–Crippen MR) is 161 cm³/mol. The summed E-state index contributed by atoms with van der Waals surface area (Å²) < 4.78 is 83.1. The van der Waals surface area contributed by atoms with Gasteiger partial charge in [-0.2, -0.15) is 18.3 Å². The zero-order chi connectivity index (χ0) is 31.1. The zero-order valence-corrected chi connectivity index (χ0v) is 25.2. The fourth-order valence-electron chi connectivity index (χ4n) is 5.02. The number of ether oxygens (including phenoxy) is 2. The molecule has 1 aliphatic heterocycles. The van der Waals surface area contributed by atoms with Crippen molar-refractivity contribution in [2.75, 3.05) is 29.5 Å². The number of rotatable bonds is 8. The standard InChI is InChI=1S/C30H26F3N5O4S2/c1-36-25(11-12-35-36)24-17-21(30(31,32)33)5-9-26(24)37-14-15-42-28-18-23(8-10-27(28)37)44(39,40)38(29-34-13-16-43-29)19-20-3-6-22(41-2)7-4-20/h3-13,16-18H,14-15,19H2,1-2H3. The first-order valence-electron chi connectivity index (χ1n) is 13.4. The van der Waals surface area contributed by atoms with Crippen molar-refractivity contribution in [3.8, 4) is 22.8 Å². The van der Waals surface area contributed by atoms with Gasteiger partial charge in [0.2, 0.25) is 0 Å². The van der Waals surface area contributed by atoms with Gasteiger partial charge < -0.3 is 14.4 Å². The minimum atomic E-state index is -4.53. The molecule has 0 bridgehead atoms. The molecule has 2 aromatic heterocycles. The quantitative estimate of drug-likeness (QED) is 0.191. The Labute approximate surface area is 255 Å². The summed E-state index contributed by atoms with van der Waals surface area (Å²) in [5, 5.41) is 6.14. The first-order valence-corrected chi connectivity index (χ1v) is 15.7. The van der Waals surface area contributed by atoms with Gasteiger partial charge in [-0.3, -0.25) is 4.68 Å². The van der Waals surface area contributed by atoms with E-state index in [0.717, 1.165) is 17.7 Å². The molecule has 0 N–H and O–H groups in total. The van der Waals surface area contributed by atoms with E-state index >= 15 is 0 Å². The fraction of sp³-hybridized carbons (Fsp3) is 0.200. The molecule has 6 rings (SSSR count). The van der Waals surface area contributed by atoms with Crippen molar-refractivity contribution in [3.05, 3.63) is 95.6 Å². The molecule has 9 nitrogen and oxygen atoms in total. The molecule has 0 saturated heterocycles. The Bertz CT molecular complexity index is 1890. The van der Waals surface area contributed by atoms with Crippen molar-refractivity contribution in [1.29, 1.82) is 0 Å². The summed E-state index contributed by atoms with van der Waals surface area (Å²) in [6.07, 6.45) is -1.48. The molecule has 44 heavy (non-hydrogen) atoms. The largest absolute Gasteiger partial charge is 0.497 e. The van der Waals surface area contributed by atoms with Crippen LogP contribution in [0.3, 0.4) is 0 Å². The number of halogens is 3. The maximum atomic E-state index is 14.1. The lowest BCUT2D eigenvalue weighted by Gasteiger charge is -2.33. The number of sulfonamides is 1. The molecule has 1 aliphatic rings. The molecule has 0 fully saturated rings. The highest BCUT2D eigenvalue weighted by atomic mass is 32.2. The Morgan fingerprint density at radius 2 is 1.80 bits per heavy atom. The minimum absolute atomic E-state index is 0.0129. The van der Waals surface area contributed by atoms with E-state index in [1.165, 1.54) is 50.9 Å². The number of benzene rings is 3. The summed E-state index contributed by atoms with van der Waals surface area (Å²) in [6.45, 7) is 0.548. The van der Waals surface area contributed by atoms with Crippen LogP contribution in [0.25, 0.3) is 11.3 Å². The monoisotopic (exact) mass is 641 g/mol. The Morgan fingerprint density at radius 1 is 1.02 bits per heavy atom. The second kappa shape index (κ2) is 11.5. The van der Waals surface area contributed by atoms with Crippen molar-refractivity contribution < 1.29 is 31.1 Å². The summed E-state index contributed by atoms with van der Waals surface area (Å²) in [4.78, 5) is 6.07. The van der Waals surface area contributed by atoms with Gasteiger partial charge in [0.05, 0.1) is 47.7 Å². The highest BCUT2D eigenvalue weighted by molar-refractivity contribution is 7.93. The first kappa shape index (κ1) is 29.5. The molecule has 5 aromatic rings. The first-order chi connectivity index (χ1) is 21.1. The molecule has 0 unspecified atom stereocenters. The van der Waals surface area contributed by atoms with Crippen LogP contribution in [0.15, 0.2) is 89.4 Å². The number of aromatic nitrogens is 3. The van der Waals surface area contributed by atoms with Crippen LogP contribution in [-0.4, -0.2) is 43.4 Å². The molecule has 0 saturated carbocycles. The number of thiazole rings is 1. The third-order valence-corrected chi connectivity index (χ3v) is 9.85. The lowest BCUT2D eigenvalue weighted by Crippen LogP contribution is -2.32. The number of hydrogen-bond donors (Lipinski definition) is 0. The molecule has 0 atom stereocenters. The van der Waals surface area contributed by atoms with Crippen LogP contribution in [0.4, 0.5) is 29.7 Å². The molecule has 0 spiro atoms. The topological polar surface area (TPSA) is 89.8 Å². The van der Waals surface area contributed by atoms with E-state index in [4.69, 9.17) is 9.47 Å². The summed E-state index contributed by atoms with van der Waals surface area (Å²) in [6, 6.07) is 16.8. The Balaban J connectivity index is 1.39. The number of methoxy groups -OCH3 is 1. The smallest absolute Gasteiger partial charge is 0.416 e. The van der Waals surface area contributed by atoms with Gasteiger partial charge >= 0.3 is 6.18 Å². The van der Waals surface area contributed by atoms with Gasteiger partial charge in [0, 0.05) is 36.5 Å².